The van der Waals surface area contributed by atoms with Crippen molar-refractivity contribution >= 4 is 40.1 Å². The number of hydrogen-bond acceptors (Lipinski definition) is 5. The Labute approximate surface area is 159 Å². The topological polar surface area (TPSA) is 69.7 Å². The number of halogens is 1. The molecule has 2 aromatic rings. The van der Waals surface area contributed by atoms with Crippen LogP contribution in [0.15, 0.2) is 48.5 Å². The molecule has 0 atom stereocenters. The lowest BCUT2D eigenvalue weighted by Gasteiger charge is -2.05. The second-order valence-corrected chi connectivity index (χ2v) is 6.49. The van der Waals surface area contributed by atoms with Gasteiger partial charge < -0.3 is 9.47 Å². The molecule has 0 spiro atoms. The van der Waals surface area contributed by atoms with Crippen molar-refractivity contribution in [2.45, 2.75) is 12.8 Å². The van der Waals surface area contributed by atoms with Gasteiger partial charge in [0.1, 0.15) is 5.75 Å². The molecule has 0 N–H and O–H groups in total. The minimum atomic E-state index is -0.569. The first-order chi connectivity index (χ1) is 12.0. The van der Waals surface area contributed by atoms with Gasteiger partial charge in [0.15, 0.2) is 18.2 Å². The third kappa shape index (κ3) is 5.97. The molecule has 6 heteroatoms. The maximum absolute atomic E-state index is 12.0. The summed E-state index contributed by atoms with van der Waals surface area (Å²) in [4.78, 5) is 35.7. The molecule has 0 fully saturated rings. The lowest BCUT2D eigenvalue weighted by molar-refractivity contribution is -0.142. The number of carbonyl (C=O) groups excluding carboxylic acids is 3. The van der Waals surface area contributed by atoms with Gasteiger partial charge >= 0.3 is 5.97 Å². The third-order valence-electron chi connectivity index (χ3n) is 3.48. The van der Waals surface area contributed by atoms with Crippen LogP contribution in [0.1, 0.15) is 33.6 Å². The Morgan fingerprint density at radius 2 is 1.64 bits per heavy atom. The molecular formula is C19H17IO5. The predicted octanol–water partition coefficient (Wildman–Crippen LogP) is 3.69. The summed E-state index contributed by atoms with van der Waals surface area (Å²) in [6.45, 7) is -0.324. The fourth-order valence-corrected chi connectivity index (χ4v) is 2.64. The Balaban J connectivity index is 1.78. The van der Waals surface area contributed by atoms with Crippen LogP contribution in [-0.4, -0.2) is 31.3 Å². The van der Waals surface area contributed by atoms with Crippen LogP contribution in [0, 0.1) is 3.57 Å². The molecule has 25 heavy (non-hydrogen) atoms. The fourth-order valence-electron chi connectivity index (χ4n) is 2.10. The molecule has 0 saturated heterocycles. The van der Waals surface area contributed by atoms with E-state index in [1.165, 1.54) is 0 Å². The SMILES string of the molecule is COc1ccc(C(=O)CCC(=O)OCC(=O)c2cccc(I)c2)cc1. The molecule has 0 amide bonds. The number of rotatable bonds is 8. The molecule has 0 saturated carbocycles. The van der Waals surface area contributed by atoms with Crippen LogP contribution in [0.25, 0.3) is 0 Å². The van der Waals surface area contributed by atoms with Crippen molar-refractivity contribution in [1.29, 1.82) is 0 Å². The Hall–Kier alpha value is -2.22. The quantitative estimate of drug-likeness (QED) is 0.347. The van der Waals surface area contributed by atoms with Crippen LogP contribution in [0.3, 0.4) is 0 Å². The molecule has 2 rings (SSSR count). The molecular weight excluding hydrogens is 435 g/mol. The Morgan fingerprint density at radius 3 is 2.28 bits per heavy atom. The van der Waals surface area contributed by atoms with E-state index < -0.39 is 5.97 Å². The first kappa shape index (κ1) is 19.1. The van der Waals surface area contributed by atoms with E-state index >= 15 is 0 Å². The largest absolute Gasteiger partial charge is 0.497 e. The van der Waals surface area contributed by atoms with Crippen molar-refractivity contribution in [2.24, 2.45) is 0 Å². The van der Waals surface area contributed by atoms with Gasteiger partial charge in [-0.2, -0.15) is 0 Å². The summed E-state index contributed by atoms with van der Waals surface area (Å²) in [7, 11) is 1.55. The Morgan fingerprint density at radius 1 is 0.920 bits per heavy atom. The summed E-state index contributed by atoms with van der Waals surface area (Å²) in [5.74, 6) is -0.345. The number of esters is 1. The lowest BCUT2D eigenvalue weighted by atomic mass is 10.1. The van der Waals surface area contributed by atoms with E-state index in [9.17, 15) is 14.4 Å². The van der Waals surface area contributed by atoms with Gasteiger partial charge in [-0.25, -0.2) is 0 Å². The zero-order valence-corrected chi connectivity index (χ0v) is 15.8. The van der Waals surface area contributed by atoms with Crippen molar-refractivity contribution in [3.8, 4) is 5.75 Å². The summed E-state index contributed by atoms with van der Waals surface area (Å²) < 4.78 is 10.9. The number of ether oxygens (including phenoxy) is 2. The average molecular weight is 452 g/mol. The molecule has 0 heterocycles. The van der Waals surface area contributed by atoms with Gasteiger partial charge in [0.25, 0.3) is 0 Å². The highest BCUT2D eigenvalue weighted by atomic mass is 127. The zero-order valence-electron chi connectivity index (χ0n) is 13.7. The van der Waals surface area contributed by atoms with E-state index in [2.05, 4.69) is 22.6 Å². The van der Waals surface area contributed by atoms with Gasteiger partial charge in [-0.1, -0.05) is 12.1 Å². The second kappa shape index (κ2) is 9.31. The molecule has 2 aromatic carbocycles. The van der Waals surface area contributed by atoms with Crippen molar-refractivity contribution in [3.05, 3.63) is 63.2 Å². The molecule has 0 aliphatic rings. The van der Waals surface area contributed by atoms with E-state index in [4.69, 9.17) is 9.47 Å². The van der Waals surface area contributed by atoms with Gasteiger partial charge in [-0.15, -0.1) is 0 Å². The highest BCUT2D eigenvalue weighted by Gasteiger charge is 2.13. The van der Waals surface area contributed by atoms with Crippen LogP contribution in [-0.2, 0) is 9.53 Å². The molecule has 0 radical (unpaired) electrons. The lowest BCUT2D eigenvalue weighted by Crippen LogP contribution is -2.15. The Kier molecular flexibility index (Phi) is 7.12. The number of benzene rings is 2. The van der Waals surface area contributed by atoms with Crippen LogP contribution in [0.4, 0.5) is 0 Å². The molecule has 0 aliphatic heterocycles. The van der Waals surface area contributed by atoms with Gasteiger partial charge in [0, 0.05) is 21.1 Å². The number of methoxy groups -OCH3 is 1. The zero-order chi connectivity index (χ0) is 18.2. The molecule has 5 nitrogen and oxygen atoms in total. The predicted molar refractivity (Wildman–Crippen MR) is 101 cm³/mol. The van der Waals surface area contributed by atoms with Gasteiger partial charge in [-0.3, -0.25) is 14.4 Å². The van der Waals surface area contributed by atoms with E-state index in [0.29, 0.717) is 16.9 Å². The Bertz CT molecular complexity index is 768. The summed E-state index contributed by atoms with van der Waals surface area (Å²) in [5, 5.41) is 0. The van der Waals surface area contributed by atoms with E-state index in [0.717, 1.165) is 3.57 Å². The minimum Gasteiger partial charge on any atom is -0.497 e. The summed E-state index contributed by atoms with van der Waals surface area (Å²) in [6, 6.07) is 13.7. The van der Waals surface area contributed by atoms with Crippen molar-refractivity contribution in [2.75, 3.05) is 13.7 Å². The highest BCUT2D eigenvalue weighted by Crippen LogP contribution is 2.14. The van der Waals surface area contributed by atoms with Crippen LogP contribution in [0.2, 0.25) is 0 Å². The summed E-state index contributed by atoms with van der Waals surface area (Å²) >= 11 is 2.11. The maximum Gasteiger partial charge on any atom is 0.306 e. The maximum atomic E-state index is 12.0. The molecule has 130 valence electrons. The number of carbonyl (C=O) groups is 3. The number of hydrogen-bond donors (Lipinski definition) is 0. The van der Waals surface area contributed by atoms with E-state index in [-0.39, 0.29) is 31.0 Å². The smallest absolute Gasteiger partial charge is 0.306 e. The van der Waals surface area contributed by atoms with Crippen LogP contribution >= 0.6 is 22.6 Å². The van der Waals surface area contributed by atoms with E-state index in [1.807, 2.05) is 6.07 Å². The van der Waals surface area contributed by atoms with E-state index in [1.54, 1.807) is 49.6 Å². The molecule has 0 unspecified atom stereocenters. The number of Topliss-reactive ketones (excluding diaryl/α,β-unsaturated/α-hetero) is 2. The van der Waals surface area contributed by atoms with Crippen molar-refractivity contribution < 1.29 is 23.9 Å². The third-order valence-corrected chi connectivity index (χ3v) is 4.15. The van der Waals surface area contributed by atoms with Crippen LogP contribution in [0.5, 0.6) is 5.75 Å². The van der Waals surface area contributed by atoms with Crippen LogP contribution < -0.4 is 4.74 Å². The molecule has 0 aromatic heterocycles. The first-order valence-corrected chi connectivity index (χ1v) is 8.69. The van der Waals surface area contributed by atoms with Gasteiger partial charge in [0.05, 0.1) is 13.5 Å². The highest BCUT2D eigenvalue weighted by molar-refractivity contribution is 14.1. The van der Waals surface area contributed by atoms with Gasteiger partial charge in [0.2, 0.25) is 0 Å². The fraction of sp³-hybridized carbons (Fsp3) is 0.211. The normalized spacial score (nSPS) is 10.2. The van der Waals surface area contributed by atoms with Crippen molar-refractivity contribution in [3.63, 3.8) is 0 Å². The number of ketones is 2. The minimum absolute atomic E-state index is 0.0303. The second-order valence-electron chi connectivity index (χ2n) is 5.25. The standard InChI is InChI=1S/C19H17IO5/c1-24-16-7-5-13(6-8-16)17(21)9-10-19(23)25-12-18(22)14-3-2-4-15(20)11-14/h2-8,11H,9-10,12H2,1H3. The first-order valence-electron chi connectivity index (χ1n) is 7.61. The van der Waals surface area contributed by atoms with Crippen molar-refractivity contribution in [1.82, 2.24) is 0 Å². The monoisotopic (exact) mass is 452 g/mol. The summed E-state index contributed by atoms with van der Waals surface area (Å²) in [5.41, 5.74) is 0.998. The molecule has 0 bridgehead atoms. The molecule has 0 aliphatic carbocycles. The van der Waals surface area contributed by atoms with Gasteiger partial charge in [-0.05, 0) is 59.0 Å². The summed E-state index contributed by atoms with van der Waals surface area (Å²) in [6.07, 6.45) is -0.0347. The average Bonchev–Trinajstić information content (AvgIpc) is 2.64.